The molecule has 0 aliphatic carbocycles. The molecule has 2 fully saturated rings. The molecule has 0 saturated carbocycles. The Bertz CT molecular complexity index is 679. The molecule has 1 atom stereocenters. The standard InChI is InChI=1S/C17H21N3O3S/c21-15(10-12-5-9-24-11-12)20-6-1-2-14(20)17-18-16(19-23-17)13-3-7-22-8-4-13/h5,9,11,13-14H,1-4,6-8,10H2. The highest BCUT2D eigenvalue weighted by Crippen LogP contribution is 2.33. The summed E-state index contributed by atoms with van der Waals surface area (Å²) < 4.78 is 10.9. The SMILES string of the molecule is O=C(Cc1ccsc1)N1CCCC1c1nc(C2CCOCC2)no1. The highest BCUT2D eigenvalue weighted by molar-refractivity contribution is 7.07. The van der Waals surface area contributed by atoms with E-state index in [1.54, 1.807) is 11.3 Å². The van der Waals surface area contributed by atoms with E-state index in [0.29, 0.717) is 18.2 Å². The third-order valence-corrected chi connectivity index (χ3v) is 5.57. The molecule has 0 spiro atoms. The first kappa shape index (κ1) is 15.8. The molecule has 1 amide bonds. The molecule has 4 rings (SSSR count). The van der Waals surface area contributed by atoms with Gasteiger partial charge in [-0.15, -0.1) is 0 Å². The molecular formula is C17H21N3O3S. The topological polar surface area (TPSA) is 68.5 Å². The van der Waals surface area contributed by atoms with Crippen LogP contribution >= 0.6 is 11.3 Å². The van der Waals surface area contributed by atoms with Crippen LogP contribution in [0, 0.1) is 0 Å². The fourth-order valence-electron chi connectivity index (χ4n) is 3.50. The van der Waals surface area contributed by atoms with Gasteiger partial charge in [-0.05, 0) is 48.1 Å². The molecule has 2 aromatic heterocycles. The van der Waals surface area contributed by atoms with Crippen molar-refractivity contribution in [3.8, 4) is 0 Å². The molecule has 128 valence electrons. The van der Waals surface area contributed by atoms with Gasteiger partial charge >= 0.3 is 0 Å². The maximum absolute atomic E-state index is 12.6. The zero-order chi connectivity index (χ0) is 16.4. The Hall–Kier alpha value is -1.73. The van der Waals surface area contributed by atoms with Crippen LogP contribution < -0.4 is 0 Å². The van der Waals surface area contributed by atoms with E-state index in [-0.39, 0.29) is 11.9 Å². The van der Waals surface area contributed by atoms with Crippen LogP contribution in [0.4, 0.5) is 0 Å². The molecule has 2 aliphatic heterocycles. The minimum absolute atomic E-state index is 0.0720. The van der Waals surface area contributed by atoms with E-state index in [9.17, 15) is 4.79 Å². The van der Waals surface area contributed by atoms with Crippen LogP contribution in [0.25, 0.3) is 0 Å². The van der Waals surface area contributed by atoms with Gasteiger partial charge in [-0.25, -0.2) is 0 Å². The lowest BCUT2D eigenvalue weighted by Gasteiger charge is -2.22. The lowest BCUT2D eigenvalue weighted by atomic mass is 10.00. The van der Waals surface area contributed by atoms with Gasteiger partial charge in [-0.3, -0.25) is 4.79 Å². The van der Waals surface area contributed by atoms with Crippen molar-refractivity contribution in [2.24, 2.45) is 0 Å². The van der Waals surface area contributed by atoms with Crippen molar-refractivity contribution in [3.63, 3.8) is 0 Å². The average Bonchev–Trinajstić information content (AvgIpc) is 3.36. The second kappa shape index (κ2) is 7.03. The van der Waals surface area contributed by atoms with Crippen molar-refractivity contribution >= 4 is 17.2 Å². The molecule has 0 bridgehead atoms. The van der Waals surface area contributed by atoms with Gasteiger partial charge in [0.1, 0.15) is 6.04 Å². The summed E-state index contributed by atoms with van der Waals surface area (Å²) in [4.78, 5) is 19.2. The predicted molar refractivity (Wildman–Crippen MR) is 88.8 cm³/mol. The highest BCUT2D eigenvalue weighted by Gasteiger charge is 2.34. The third kappa shape index (κ3) is 3.23. The lowest BCUT2D eigenvalue weighted by molar-refractivity contribution is -0.131. The Morgan fingerprint density at radius 2 is 2.21 bits per heavy atom. The summed E-state index contributed by atoms with van der Waals surface area (Å²) in [6.45, 7) is 2.27. The minimum Gasteiger partial charge on any atom is -0.381 e. The molecule has 1 unspecified atom stereocenters. The van der Waals surface area contributed by atoms with Gasteiger partial charge in [0.2, 0.25) is 11.8 Å². The zero-order valence-electron chi connectivity index (χ0n) is 13.5. The van der Waals surface area contributed by atoms with Gasteiger partial charge in [0.25, 0.3) is 0 Å². The molecule has 7 heteroatoms. The molecular weight excluding hydrogens is 326 g/mol. The number of nitrogens with zero attached hydrogens (tertiary/aromatic N) is 3. The monoisotopic (exact) mass is 347 g/mol. The number of thiophene rings is 1. The molecule has 2 aromatic rings. The molecule has 0 N–H and O–H groups in total. The van der Waals surface area contributed by atoms with E-state index in [0.717, 1.165) is 56.8 Å². The highest BCUT2D eigenvalue weighted by atomic mass is 32.1. The predicted octanol–water partition coefficient (Wildman–Crippen LogP) is 2.93. The van der Waals surface area contributed by atoms with Crippen LogP contribution in [-0.4, -0.2) is 40.7 Å². The van der Waals surface area contributed by atoms with Crippen molar-refractivity contribution in [1.82, 2.24) is 15.0 Å². The summed E-state index contributed by atoms with van der Waals surface area (Å²) in [7, 11) is 0. The van der Waals surface area contributed by atoms with Crippen molar-refractivity contribution in [1.29, 1.82) is 0 Å². The number of amides is 1. The first-order valence-corrected chi connectivity index (χ1v) is 9.47. The summed E-state index contributed by atoms with van der Waals surface area (Å²) in [5, 5.41) is 8.20. The van der Waals surface area contributed by atoms with Crippen LogP contribution in [0.15, 0.2) is 21.3 Å². The van der Waals surface area contributed by atoms with Crippen molar-refractivity contribution in [3.05, 3.63) is 34.1 Å². The Kier molecular flexibility index (Phi) is 4.62. The number of carbonyl (C=O) groups excluding carboxylic acids is 1. The van der Waals surface area contributed by atoms with E-state index >= 15 is 0 Å². The fraction of sp³-hybridized carbons (Fsp3) is 0.588. The van der Waals surface area contributed by atoms with Gasteiger partial charge in [-0.2, -0.15) is 16.3 Å². The van der Waals surface area contributed by atoms with E-state index < -0.39 is 0 Å². The number of likely N-dealkylation sites (tertiary alicyclic amines) is 1. The Morgan fingerprint density at radius 3 is 3.00 bits per heavy atom. The normalized spacial score (nSPS) is 22.2. The van der Waals surface area contributed by atoms with Gasteiger partial charge in [0.15, 0.2) is 5.82 Å². The molecule has 0 radical (unpaired) electrons. The first-order chi connectivity index (χ1) is 11.8. The number of hydrogen-bond donors (Lipinski definition) is 0. The summed E-state index contributed by atoms with van der Waals surface area (Å²) >= 11 is 1.62. The van der Waals surface area contributed by atoms with E-state index in [2.05, 4.69) is 10.1 Å². The fourth-order valence-corrected chi connectivity index (χ4v) is 4.16. The molecule has 2 saturated heterocycles. The van der Waals surface area contributed by atoms with Crippen molar-refractivity contribution < 1.29 is 14.1 Å². The summed E-state index contributed by atoms with van der Waals surface area (Å²) in [6.07, 6.45) is 4.19. The number of aromatic nitrogens is 2. The second-order valence-electron chi connectivity index (χ2n) is 6.43. The molecule has 4 heterocycles. The summed E-state index contributed by atoms with van der Waals surface area (Å²) in [5.41, 5.74) is 1.07. The van der Waals surface area contributed by atoms with Gasteiger partial charge in [0.05, 0.1) is 6.42 Å². The van der Waals surface area contributed by atoms with Gasteiger partial charge < -0.3 is 14.2 Å². The molecule has 6 nitrogen and oxygen atoms in total. The van der Waals surface area contributed by atoms with E-state index in [4.69, 9.17) is 9.26 Å². The molecule has 0 aromatic carbocycles. The second-order valence-corrected chi connectivity index (χ2v) is 7.21. The smallest absolute Gasteiger partial charge is 0.249 e. The number of rotatable bonds is 4. The minimum atomic E-state index is -0.0720. The summed E-state index contributed by atoms with van der Waals surface area (Å²) in [5.74, 6) is 1.81. The van der Waals surface area contributed by atoms with Crippen molar-refractivity contribution in [2.75, 3.05) is 19.8 Å². The lowest BCUT2D eigenvalue weighted by Crippen LogP contribution is -2.32. The van der Waals surface area contributed by atoms with E-state index in [1.807, 2.05) is 21.7 Å². The molecule has 2 aliphatic rings. The van der Waals surface area contributed by atoms with Crippen LogP contribution in [-0.2, 0) is 16.0 Å². The van der Waals surface area contributed by atoms with E-state index in [1.165, 1.54) is 0 Å². The Labute approximate surface area is 144 Å². The van der Waals surface area contributed by atoms with Crippen LogP contribution in [0.1, 0.15) is 54.9 Å². The first-order valence-electron chi connectivity index (χ1n) is 8.53. The maximum atomic E-state index is 12.6. The number of ether oxygens (including phenoxy) is 1. The zero-order valence-corrected chi connectivity index (χ0v) is 14.3. The maximum Gasteiger partial charge on any atom is 0.249 e. The van der Waals surface area contributed by atoms with Gasteiger partial charge in [0, 0.05) is 25.7 Å². The van der Waals surface area contributed by atoms with Crippen LogP contribution in [0.2, 0.25) is 0 Å². The Balaban J connectivity index is 1.46. The van der Waals surface area contributed by atoms with Gasteiger partial charge in [-0.1, -0.05) is 5.16 Å². The number of carbonyl (C=O) groups is 1. The quantitative estimate of drug-likeness (QED) is 0.850. The van der Waals surface area contributed by atoms with Crippen molar-refractivity contribution in [2.45, 2.75) is 44.1 Å². The largest absolute Gasteiger partial charge is 0.381 e. The molecule has 24 heavy (non-hydrogen) atoms. The third-order valence-electron chi connectivity index (χ3n) is 4.84. The summed E-state index contributed by atoms with van der Waals surface area (Å²) in [6, 6.07) is 1.93. The van der Waals surface area contributed by atoms with Crippen LogP contribution in [0.3, 0.4) is 0 Å². The Morgan fingerprint density at radius 1 is 1.33 bits per heavy atom. The van der Waals surface area contributed by atoms with Crippen LogP contribution in [0.5, 0.6) is 0 Å². The average molecular weight is 347 g/mol. The number of hydrogen-bond acceptors (Lipinski definition) is 6.